The van der Waals surface area contributed by atoms with Crippen molar-refractivity contribution in [2.24, 2.45) is 0 Å². The number of carbonyl (C=O) groups excluding carboxylic acids is 2. The molecule has 7 nitrogen and oxygen atoms in total. The summed E-state index contributed by atoms with van der Waals surface area (Å²) in [5.41, 5.74) is 0.422. The third kappa shape index (κ3) is 7.85. The molecule has 0 fully saturated rings. The highest BCUT2D eigenvalue weighted by Crippen LogP contribution is 2.12. The fourth-order valence-electron chi connectivity index (χ4n) is 1.90. The molecule has 0 aliphatic heterocycles. The molecule has 0 aliphatic carbocycles. The van der Waals surface area contributed by atoms with Gasteiger partial charge in [0.1, 0.15) is 5.75 Å². The van der Waals surface area contributed by atoms with Gasteiger partial charge in [0.15, 0.2) is 0 Å². The number of aliphatic carboxylic acids is 1. The molecule has 0 unspecified atom stereocenters. The van der Waals surface area contributed by atoms with E-state index in [1.807, 2.05) is 0 Å². The van der Waals surface area contributed by atoms with Gasteiger partial charge in [-0.25, -0.2) is 0 Å². The van der Waals surface area contributed by atoms with Crippen LogP contribution in [0.2, 0.25) is 0 Å². The molecule has 0 radical (unpaired) electrons. The highest BCUT2D eigenvalue weighted by atomic mass is 16.5. The largest absolute Gasteiger partial charge is 0.497 e. The van der Waals surface area contributed by atoms with Crippen molar-refractivity contribution >= 4 is 17.8 Å². The summed E-state index contributed by atoms with van der Waals surface area (Å²) in [7, 11) is 1.51. The van der Waals surface area contributed by atoms with Crippen LogP contribution in [0.5, 0.6) is 5.75 Å². The molecule has 7 heteroatoms. The molecular formula is C16H22N2O5. The lowest BCUT2D eigenvalue weighted by Crippen LogP contribution is -2.37. The molecule has 0 spiro atoms. The van der Waals surface area contributed by atoms with Crippen LogP contribution in [0, 0.1) is 0 Å². The van der Waals surface area contributed by atoms with Crippen molar-refractivity contribution in [1.29, 1.82) is 0 Å². The van der Waals surface area contributed by atoms with Gasteiger partial charge in [0, 0.05) is 18.5 Å². The third-order valence-corrected chi connectivity index (χ3v) is 3.13. The van der Waals surface area contributed by atoms with Crippen LogP contribution >= 0.6 is 0 Å². The SMILES string of the molecule is COc1cccc(C(=O)NCC(=O)NCCCCCC(=O)O)c1. The smallest absolute Gasteiger partial charge is 0.303 e. The van der Waals surface area contributed by atoms with Crippen molar-refractivity contribution in [3.8, 4) is 5.75 Å². The lowest BCUT2D eigenvalue weighted by Gasteiger charge is -2.07. The Hall–Kier alpha value is -2.57. The number of unbranched alkanes of at least 4 members (excludes halogenated alkanes) is 2. The lowest BCUT2D eigenvalue weighted by molar-refractivity contribution is -0.137. The predicted octanol–water partition coefficient (Wildman–Crippen LogP) is 1.19. The fraction of sp³-hybridized carbons (Fsp3) is 0.438. The molecule has 126 valence electrons. The minimum atomic E-state index is -0.811. The summed E-state index contributed by atoms with van der Waals surface area (Å²) in [5, 5.41) is 13.7. The van der Waals surface area contributed by atoms with Crippen LogP contribution in [0.15, 0.2) is 24.3 Å². The summed E-state index contributed by atoms with van der Waals surface area (Å²) in [6.07, 6.45) is 2.19. The van der Waals surface area contributed by atoms with E-state index in [1.165, 1.54) is 7.11 Å². The van der Waals surface area contributed by atoms with Crippen LogP contribution in [-0.4, -0.2) is 43.1 Å². The van der Waals surface area contributed by atoms with E-state index in [9.17, 15) is 14.4 Å². The molecule has 1 aromatic carbocycles. The predicted molar refractivity (Wildman–Crippen MR) is 84.4 cm³/mol. The summed E-state index contributed by atoms with van der Waals surface area (Å²) >= 11 is 0. The Morgan fingerprint density at radius 2 is 1.91 bits per heavy atom. The van der Waals surface area contributed by atoms with Gasteiger partial charge in [0.05, 0.1) is 13.7 Å². The number of hydrogen-bond donors (Lipinski definition) is 3. The van der Waals surface area contributed by atoms with Crippen LogP contribution in [0.25, 0.3) is 0 Å². The minimum Gasteiger partial charge on any atom is -0.497 e. The van der Waals surface area contributed by atoms with Gasteiger partial charge in [-0.2, -0.15) is 0 Å². The first kappa shape index (κ1) is 18.5. The molecule has 3 N–H and O–H groups in total. The first-order valence-corrected chi connectivity index (χ1v) is 7.43. The Bertz CT molecular complexity index is 545. The standard InChI is InChI=1S/C16H22N2O5/c1-23-13-7-5-6-12(10-13)16(22)18-11-14(19)17-9-4-2-3-8-15(20)21/h5-7,10H,2-4,8-9,11H2,1H3,(H,17,19)(H,18,22)(H,20,21). The zero-order valence-electron chi connectivity index (χ0n) is 13.1. The Kier molecular flexibility index (Phi) is 8.20. The van der Waals surface area contributed by atoms with Gasteiger partial charge in [-0.1, -0.05) is 12.5 Å². The highest BCUT2D eigenvalue weighted by Gasteiger charge is 2.08. The van der Waals surface area contributed by atoms with Crippen LogP contribution in [0.4, 0.5) is 0 Å². The maximum Gasteiger partial charge on any atom is 0.303 e. The number of amides is 2. The lowest BCUT2D eigenvalue weighted by atomic mass is 10.2. The Labute approximate surface area is 135 Å². The van der Waals surface area contributed by atoms with Gasteiger partial charge < -0.3 is 20.5 Å². The maximum atomic E-state index is 11.9. The van der Waals surface area contributed by atoms with E-state index in [0.717, 1.165) is 6.42 Å². The Balaban J connectivity index is 2.20. The summed E-state index contributed by atoms with van der Waals surface area (Å²) in [4.78, 5) is 33.8. The number of methoxy groups -OCH3 is 1. The third-order valence-electron chi connectivity index (χ3n) is 3.13. The van der Waals surface area contributed by atoms with Crippen molar-refractivity contribution in [3.05, 3.63) is 29.8 Å². The van der Waals surface area contributed by atoms with Crippen molar-refractivity contribution in [1.82, 2.24) is 10.6 Å². The Morgan fingerprint density at radius 1 is 1.13 bits per heavy atom. The summed E-state index contributed by atoms with van der Waals surface area (Å²) in [6.45, 7) is 0.360. The van der Waals surface area contributed by atoms with Crippen LogP contribution in [-0.2, 0) is 9.59 Å². The minimum absolute atomic E-state index is 0.106. The maximum absolute atomic E-state index is 11.9. The zero-order valence-corrected chi connectivity index (χ0v) is 13.1. The van der Waals surface area contributed by atoms with Gasteiger partial charge in [-0.05, 0) is 31.0 Å². The molecule has 0 atom stereocenters. The first-order chi connectivity index (χ1) is 11.0. The van der Waals surface area contributed by atoms with Crippen LogP contribution < -0.4 is 15.4 Å². The number of carboxylic acids is 1. The van der Waals surface area contributed by atoms with Crippen molar-refractivity contribution in [2.75, 3.05) is 20.2 Å². The number of rotatable bonds is 10. The molecule has 23 heavy (non-hydrogen) atoms. The zero-order chi connectivity index (χ0) is 17.1. The van der Waals surface area contributed by atoms with E-state index >= 15 is 0 Å². The normalized spacial score (nSPS) is 9.96. The molecule has 2 amide bonds. The van der Waals surface area contributed by atoms with Crippen LogP contribution in [0.3, 0.4) is 0 Å². The molecule has 0 aliphatic rings. The van der Waals surface area contributed by atoms with Gasteiger partial charge >= 0.3 is 5.97 Å². The molecule has 0 aromatic heterocycles. The van der Waals surface area contributed by atoms with Gasteiger partial charge in [0.25, 0.3) is 5.91 Å². The Morgan fingerprint density at radius 3 is 2.61 bits per heavy atom. The van der Waals surface area contributed by atoms with E-state index < -0.39 is 5.97 Å². The van der Waals surface area contributed by atoms with E-state index in [0.29, 0.717) is 30.7 Å². The highest BCUT2D eigenvalue weighted by molar-refractivity contribution is 5.96. The number of nitrogens with one attached hydrogen (secondary N) is 2. The number of carboxylic acid groups (broad SMARTS) is 1. The average molecular weight is 322 g/mol. The molecule has 0 saturated heterocycles. The number of hydrogen-bond acceptors (Lipinski definition) is 4. The number of ether oxygens (including phenoxy) is 1. The molecule has 0 saturated carbocycles. The second-order valence-corrected chi connectivity index (χ2v) is 4.97. The monoisotopic (exact) mass is 322 g/mol. The van der Waals surface area contributed by atoms with Crippen molar-refractivity contribution < 1.29 is 24.2 Å². The average Bonchev–Trinajstić information content (AvgIpc) is 2.55. The van der Waals surface area contributed by atoms with Gasteiger partial charge in [-0.3, -0.25) is 14.4 Å². The second kappa shape index (κ2) is 10.2. The van der Waals surface area contributed by atoms with E-state index in [-0.39, 0.29) is 24.8 Å². The summed E-state index contributed by atoms with van der Waals surface area (Å²) in [5.74, 6) is -0.863. The van der Waals surface area contributed by atoms with Gasteiger partial charge in [0.2, 0.25) is 5.91 Å². The van der Waals surface area contributed by atoms with E-state index in [4.69, 9.17) is 9.84 Å². The first-order valence-electron chi connectivity index (χ1n) is 7.43. The molecule has 0 heterocycles. The summed E-state index contributed by atoms with van der Waals surface area (Å²) in [6, 6.07) is 6.66. The van der Waals surface area contributed by atoms with E-state index in [1.54, 1.807) is 24.3 Å². The molecule has 1 rings (SSSR count). The summed E-state index contributed by atoms with van der Waals surface area (Å²) < 4.78 is 5.03. The van der Waals surface area contributed by atoms with E-state index in [2.05, 4.69) is 10.6 Å². The van der Waals surface area contributed by atoms with Crippen molar-refractivity contribution in [2.45, 2.75) is 25.7 Å². The molecule has 1 aromatic rings. The topological polar surface area (TPSA) is 105 Å². The number of carbonyl (C=O) groups is 3. The number of benzene rings is 1. The molecule has 0 bridgehead atoms. The fourth-order valence-corrected chi connectivity index (χ4v) is 1.90. The quantitative estimate of drug-likeness (QED) is 0.561. The van der Waals surface area contributed by atoms with Crippen molar-refractivity contribution in [3.63, 3.8) is 0 Å². The van der Waals surface area contributed by atoms with Gasteiger partial charge in [-0.15, -0.1) is 0 Å². The second-order valence-electron chi connectivity index (χ2n) is 4.97. The van der Waals surface area contributed by atoms with Crippen LogP contribution in [0.1, 0.15) is 36.0 Å². The molecular weight excluding hydrogens is 300 g/mol.